The maximum absolute atomic E-state index is 13.2. The normalized spacial score (nSPS) is 24.7. The predicted molar refractivity (Wildman–Crippen MR) is 106 cm³/mol. The van der Waals surface area contributed by atoms with Gasteiger partial charge in [-0.1, -0.05) is 0 Å². The number of anilines is 1. The summed E-state index contributed by atoms with van der Waals surface area (Å²) in [4.78, 5) is 16.8. The summed E-state index contributed by atoms with van der Waals surface area (Å²) in [6, 6.07) is 5.05. The molecule has 8 nitrogen and oxygen atoms in total. The first-order valence-electron chi connectivity index (χ1n) is 9.98. The Morgan fingerprint density at radius 3 is 2.55 bits per heavy atom. The van der Waals surface area contributed by atoms with Crippen LogP contribution in [0.5, 0.6) is 5.75 Å². The van der Waals surface area contributed by atoms with Gasteiger partial charge in [0.05, 0.1) is 29.7 Å². The van der Waals surface area contributed by atoms with E-state index >= 15 is 0 Å². The number of likely N-dealkylation sites (N-methyl/N-ethyl adjacent to an activating group) is 1. The topological polar surface area (TPSA) is 79.4 Å². The summed E-state index contributed by atoms with van der Waals surface area (Å²) in [7, 11) is -1.67. The van der Waals surface area contributed by atoms with Crippen molar-refractivity contribution < 1.29 is 22.7 Å². The standard InChI is InChI=1S/C20H25N3O5S/c1-21-5-7-28-19-3-2-17(8-18(19)21)29(25,26)23-11-15-9-22(10-16(15)12-23)20(24)14-4-6-27-13-14/h2-3,8,14H,4-7,9-13H2,1H3/t14-/m0/s1. The molecule has 0 saturated carbocycles. The molecular weight excluding hydrogens is 394 g/mol. The molecule has 9 heteroatoms. The van der Waals surface area contributed by atoms with Crippen molar-refractivity contribution in [1.82, 2.24) is 9.21 Å². The minimum absolute atomic E-state index is 0.0513. The van der Waals surface area contributed by atoms with E-state index in [0.717, 1.165) is 29.8 Å². The van der Waals surface area contributed by atoms with Crippen LogP contribution in [-0.2, 0) is 19.6 Å². The minimum atomic E-state index is -3.61. The van der Waals surface area contributed by atoms with Crippen LogP contribution in [0.25, 0.3) is 0 Å². The number of rotatable bonds is 3. The van der Waals surface area contributed by atoms with Crippen LogP contribution < -0.4 is 9.64 Å². The second-order valence-corrected chi connectivity index (χ2v) is 10.1. The highest BCUT2D eigenvalue weighted by molar-refractivity contribution is 7.89. The lowest BCUT2D eigenvalue weighted by molar-refractivity contribution is -0.134. The molecule has 0 unspecified atom stereocenters. The molecule has 0 aromatic heterocycles. The third-order valence-corrected chi connectivity index (χ3v) is 8.04. The van der Waals surface area contributed by atoms with Gasteiger partial charge in [0, 0.05) is 39.8 Å². The summed E-state index contributed by atoms with van der Waals surface area (Å²) < 4.78 is 38.9. The lowest BCUT2D eigenvalue weighted by atomic mass is 10.1. The van der Waals surface area contributed by atoms with Gasteiger partial charge >= 0.3 is 0 Å². The van der Waals surface area contributed by atoms with Crippen molar-refractivity contribution in [3.05, 3.63) is 29.3 Å². The fourth-order valence-corrected chi connectivity index (χ4v) is 5.95. The molecule has 4 aliphatic rings. The van der Waals surface area contributed by atoms with Gasteiger partial charge in [-0.15, -0.1) is 0 Å². The van der Waals surface area contributed by atoms with E-state index in [1.807, 2.05) is 16.8 Å². The number of amides is 1. The van der Waals surface area contributed by atoms with E-state index in [2.05, 4.69) is 0 Å². The van der Waals surface area contributed by atoms with Gasteiger partial charge in [-0.2, -0.15) is 4.31 Å². The van der Waals surface area contributed by atoms with Crippen LogP contribution >= 0.6 is 0 Å². The van der Waals surface area contributed by atoms with Crippen molar-refractivity contribution >= 4 is 21.6 Å². The minimum Gasteiger partial charge on any atom is -0.490 e. The Morgan fingerprint density at radius 1 is 1.10 bits per heavy atom. The zero-order valence-corrected chi connectivity index (χ0v) is 17.3. The van der Waals surface area contributed by atoms with Crippen LogP contribution in [0.3, 0.4) is 0 Å². The van der Waals surface area contributed by atoms with E-state index in [1.165, 1.54) is 4.31 Å². The number of ether oxygens (including phenoxy) is 2. The summed E-state index contributed by atoms with van der Waals surface area (Å²) >= 11 is 0. The molecule has 0 radical (unpaired) electrons. The highest BCUT2D eigenvalue weighted by atomic mass is 32.2. The quantitative estimate of drug-likeness (QED) is 0.671. The van der Waals surface area contributed by atoms with Crippen molar-refractivity contribution in [2.24, 2.45) is 5.92 Å². The monoisotopic (exact) mass is 419 g/mol. The predicted octanol–water partition coefficient (Wildman–Crippen LogP) is 0.695. The lowest BCUT2D eigenvalue weighted by Crippen LogP contribution is -2.39. The number of benzene rings is 1. The molecule has 1 saturated heterocycles. The summed E-state index contributed by atoms with van der Waals surface area (Å²) in [6.45, 7) is 4.22. The Kier molecular flexibility index (Phi) is 4.56. The fraction of sp³-hybridized carbons (Fsp3) is 0.550. The van der Waals surface area contributed by atoms with Crippen LogP contribution in [-0.4, -0.2) is 83.1 Å². The number of carbonyl (C=O) groups excluding carboxylic acids is 1. The van der Waals surface area contributed by atoms with Crippen molar-refractivity contribution in [3.63, 3.8) is 0 Å². The van der Waals surface area contributed by atoms with Gasteiger partial charge in [-0.05, 0) is 35.8 Å². The van der Waals surface area contributed by atoms with Gasteiger partial charge in [0.2, 0.25) is 15.9 Å². The van der Waals surface area contributed by atoms with E-state index in [1.54, 1.807) is 18.2 Å². The van der Waals surface area contributed by atoms with Crippen LogP contribution in [0.15, 0.2) is 34.2 Å². The average Bonchev–Trinajstić information content (AvgIpc) is 3.44. The highest BCUT2D eigenvalue weighted by Gasteiger charge is 2.39. The Hall–Kier alpha value is -2.10. The molecule has 0 spiro atoms. The Balaban J connectivity index is 1.29. The summed E-state index contributed by atoms with van der Waals surface area (Å²) in [5, 5.41) is 0. The molecule has 4 aliphatic heterocycles. The molecule has 1 aromatic rings. The average molecular weight is 420 g/mol. The largest absolute Gasteiger partial charge is 0.490 e. The second-order valence-electron chi connectivity index (χ2n) is 8.13. The first kappa shape index (κ1) is 18.9. The molecular formula is C20H25N3O5S. The van der Waals surface area contributed by atoms with E-state index < -0.39 is 10.0 Å². The third-order valence-electron chi connectivity index (χ3n) is 6.25. The Morgan fingerprint density at radius 2 is 1.86 bits per heavy atom. The number of fused-ring (bicyclic) bond motifs is 1. The maximum Gasteiger partial charge on any atom is 0.243 e. The van der Waals surface area contributed by atoms with Gasteiger partial charge in [0.15, 0.2) is 0 Å². The van der Waals surface area contributed by atoms with Crippen molar-refractivity contribution in [1.29, 1.82) is 0 Å². The van der Waals surface area contributed by atoms with Crippen molar-refractivity contribution in [2.75, 3.05) is 64.5 Å². The first-order chi connectivity index (χ1) is 13.9. The highest BCUT2D eigenvalue weighted by Crippen LogP contribution is 2.36. The number of sulfonamides is 1. The van der Waals surface area contributed by atoms with Crippen LogP contribution in [0, 0.1) is 5.92 Å². The molecule has 1 fully saturated rings. The van der Waals surface area contributed by atoms with E-state index in [-0.39, 0.29) is 16.7 Å². The SMILES string of the molecule is CN1CCOc2ccc(S(=O)(=O)N3CC4=C(CN(C(=O)[C@H]5CCOC5)C4)C3)cc21. The number of carbonyl (C=O) groups is 1. The Labute approximate surface area is 170 Å². The van der Waals surface area contributed by atoms with Gasteiger partial charge < -0.3 is 19.3 Å². The first-order valence-corrected chi connectivity index (χ1v) is 11.4. The fourth-order valence-electron chi connectivity index (χ4n) is 4.50. The zero-order valence-electron chi connectivity index (χ0n) is 16.5. The molecule has 0 bridgehead atoms. The summed E-state index contributed by atoms with van der Waals surface area (Å²) in [6.07, 6.45) is 0.775. The van der Waals surface area contributed by atoms with Gasteiger partial charge in [0.25, 0.3) is 0 Å². The smallest absolute Gasteiger partial charge is 0.243 e. The molecule has 1 aromatic carbocycles. The molecule has 1 amide bonds. The molecule has 1 atom stereocenters. The number of hydrogen-bond acceptors (Lipinski definition) is 6. The second kappa shape index (κ2) is 7.00. The molecule has 0 N–H and O–H groups in total. The molecule has 4 heterocycles. The van der Waals surface area contributed by atoms with E-state index in [4.69, 9.17) is 9.47 Å². The summed E-state index contributed by atoms with van der Waals surface area (Å²) in [5.41, 5.74) is 2.91. The molecule has 29 heavy (non-hydrogen) atoms. The van der Waals surface area contributed by atoms with Crippen molar-refractivity contribution in [2.45, 2.75) is 11.3 Å². The van der Waals surface area contributed by atoms with Gasteiger partial charge in [0.1, 0.15) is 12.4 Å². The molecule has 156 valence electrons. The lowest BCUT2D eigenvalue weighted by Gasteiger charge is -2.28. The van der Waals surface area contributed by atoms with Crippen LogP contribution in [0.1, 0.15) is 6.42 Å². The van der Waals surface area contributed by atoms with Gasteiger partial charge in [-0.25, -0.2) is 8.42 Å². The van der Waals surface area contributed by atoms with E-state index in [0.29, 0.717) is 51.7 Å². The van der Waals surface area contributed by atoms with Crippen LogP contribution in [0.4, 0.5) is 5.69 Å². The van der Waals surface area contributed by atoms with Gasteiger partial charge in [-0.3, -0.25) is 4.79 Å². The zero-order chi connectivity index (χ0) is 20.2. The third kappa shape index (κ3) is 3.21. The maximum atomic E-state index is 13.2. The Bertz CT molecular complexity index is 966. The number of nitrogens with zero attached hydrogens (tertiary/aromatic N) is 3. The molecule has 5 rings (SSSR count). The number of hydrogen-bond donors (Lipinski definition) is 0. The summed E-state index contributed by atoms with van der Waals surface area (Å²) in [5.74, 6) is 0.790. The molecule has 0 aliphatic carbocycles. The van der Waals surface area contributed by atoms with Crippen LogP contribution in [0.2, 0.25) is 0 Å². The van der Waals surface area contributed by atoms with Crippen molar-refractivity contribution in [3.8, 4) is 5.75 Å². The van der Waals surface area contributed by atoms with E-state index in [9.17, 15) is 13.2 Å².